The Morgan fingerprint density at radius 2 is 2.08 bits per heavy atom. The Morgan fingerprint density at radius 3 is 2.76 bits per heavy atom. The number of rotatable bonds is 6. The summed E-state index contributed by atoms with van der Waals surface area (Å²) in [7, 11) is 4.03. The number of aryl methyl sites for hydroxylation is 1. The highest BCUT2D eigenvalue weighted by atomic mass is 19.1. The molecule has 1 atom stereocenters. The van der Waals surface area contributed by atoms with Crippen LogP contribution in [-0.2, 0) is 23.9 Å². The molecule has 1 aromatic carbocycles. The average molecular weight is 346 g/mol. The van der Waals surface area contributed by atoms with Gasteiger partial charge in [-0.1, -0.05) is 12.1 Å². The van der Waals surface area contributed by atoms with Crippen molar-refractivity contribution in [3.05, 3.63) is 53.6 Å². The fourth-order valence-electron chi connectivity index (χ4n) is 3.30. The Labute approximate surface area is 149 Å². The summed E-state index contributed by atoms with van der Waals surface area (Å²) < 4.78 is 20.9. The van der Waals surface area contributed by atoms with Gasteiger partial charge in [-0.3, -0.25) is 9.58 Å². The van der Waals surface area contributed by atoms with Crippen molar-refractivity contribution < 1.29 is 9.13 Å². The van der Waals surface area contributed by atoms with Gasteiger partial charge in [-0.15, -0.1) is 0 Å². The lowest BCUT2D eigenvalue weighted by atomic mass is 9.97. The Morgan fingerprint density at radius 1 is 1.32 bits per heavy atom. The van der Waals surface area contributed by atoms with E-state index in [9.17, 15) is 4.39 Å². The average Bonchev–Trinajstić information content (AvgIpc) is 3.03. The number of morpholine rings is 1. The molecule has 1 aliphatic heterocycles. The molecule has 1 aromatic heterocycles. The van der Waals surface area contributed by atoms with Crippen LogP contribution in [0.15, 0.2) is 36.7 Å². The normalized spacial score (nSPS) is 21.8. The van der Waals surface area contributed by atoms with Crippen LogP contribution in [0.3, 0.4) is 0 Å². The maximum absolute atomic E-state index is 13.0. The van der Waals surface area contributed by atoms with E-state index in [0.717, 1.165) is 50.5 Å². The Kier molecular flexibility index (Phi) is 5.51. The van der Waals surface area contributed by atoms with Crippen molar-refractivity contribution >= 4 is 0 Å². The van der Waals surface area contributed by atoms with Crippen LogP contribution in [0.5, 0.6) is 0 Å². The van der Waals surface area contributed by atoms with Gasteiger partial charge in [0.1, 0.15) is 11.4 Å². The quantitative estimate of drug-likeness (QED) is 0.803. The summed E-state index contributed by atoms with van der Waals surface area (Å²) in [5, 5.41) is 4.27. The first-order valence-corrected chi connectivity index (χ1v) is 8.73. The van der Waals surface area contributed by atoms with Crippen LogP contribution in [0.2, 0.25) is 0 Å². The first-order valence-electron chi connectivity index (χ1n) is 8.73. The number of hydrogen-bond donors (Lipinski definition) is 0. The van der Waals surface area contributed by atoms with Crippen molar-refractivity contribution in [2.45, 2.75) is 19.1 Å². The van der Waals surface area contributed by atoms with Gasteiger partial charge in [0, 0.05) is 51.5 Å². The summed E-state index contributed by atoms with van der Waals surface area (Å²) >= 11 is 0. The highest BCUT2D eigenvalue weighted by Crippen LogP contribution is 2.28. The topological polar surface area (TPSA) is 33.5 Å². The maximum atomic E-state index is 13.0. The molecule has 0 unspecified atom stereocenters. The minimum Gasteiger partial charge on any atom is -0.368 e. The molecule has 5 nitrogen and oxygen atoms in total. The van der Waals surface area contributed by atoms with E-state index in [2.05, 4.69) is 28.9 Å². The molecule has 0 N–H and O–H groups in total. The van der Waals surface area contributed by atoms with E-state index in [1.54, 1.807) is 0 Å². The second kappa shape index (κ2) is 7.64. The van der Waals surface area contributed by atoms with E-state index in [1.165, 1.54) is 12.1 Å². The van der Waals surface area contributed by atoms with Crippen LogP contribution in [-0.4, -0.2) is 59.4 Å². The third-order valence-corrected chi connectivity index (χ3v) is 4.83. The third kappa shape index (κ3) is 4.66. The number of benzene rings is 1. The predicted octanol–water partition coefficient (Wildman–Crippen LogP) is 2.24. The van der Waals surface area contributed by atoms with Crippen LogP contribution in [0, 0.1) is 5.82 Å². The lowest BCUT2D eigenvalue weighted by molar-refractivity contribution is -0.104. The second-order valence-electron chi connectivity index (χ2n) is 7.12. The summed E-state index contributed by atoms with van der Waals surface area (Å²) in [6.45, 7) is 7.44. The first kappa shape index (κ1) is 18.0. The zero-order chi connectivity index (χ0) is 17.9. The first-order chi connectivity index (χ1) is 11.9. The van der Waals surface area contributed by atoms with E-state index in [0.29, 0.717) is 0 Å². The molecule has 0 radical (unpaired) electrons. The highest BCUT2D eigenvalue weighted by molar-refractivity contribution is 5.17. The summed E-state index contributed by atoms with van der Waals surface area (Å²) in [6, 6.07) is 6.73. The van der Waals surface area contributed by atoms with Gasteiger partial charge in [-0.2, -0.15) is 5.10 Å². The number of ether oxygens (including phenoxy) is 1. The second-order valence-corrected chi connectivity index (χ2v) is 7.12. The van der Waals surface area contributed by atoms with Crippen molar-refractivity contribution in [3.63, 3.8) is 0 Å². The fourth-order valence-corrected chi connectivity index (χ4v) is 3.30. The van der Waals surface area contributed by atoms with Crippen molar-refractivity contribution in [2.24, 2.45) is 7.05 Å². The molecular weight excluding hydrogens is 319 g/mol. The van der Waals surface area contributed by atoms with Crippen LogP contribution in [0.25, 0.3) is 0 Å². The van der Waals surface area contributed by atoms with Crippen LogP contribution in [0.1, 0.15) is 18.1 Å². The van der Waals surface area contributed by atoms with Gasteiger partial charge in [0.05, 0.1) is 12.8 Å². The highest BCUT2D eigenvalue weighted by Gasteiger charge is 2.34. The maximum Gasteiger partial charge on any atom is 0.123 e. The molecule has 25 heavy (non-hydrogen) atoms. The lowest BCUT2D eigenvalue weighted by Crippen LogP contribution is -2.49. The van der Waals surface area contributed by atoms with Gasteiger partial charge in [-0.05, 0) is 31.7 Å². The van der Waals surface area contributed by atoms with E-state index >= 15 is 0 Å². The van der Waals surface area contributed by atoms with Crippen LogP contribution < -0.4 is 0 Å². The van der Waals surface area contributed by atoms with Crippen molar-refractivity contribution in [2.75, 3.05) is 39.8 Å². The number of hydrogen-bond acceptors (Lipinski definition) is 4. The van der Waals surface area contributed by atoms with Gasteiger partial charge in [0.15, 0.2) is 0 Å². The predicted molar refractivity (Wildman–Crippen MR) is 95.7 cm³/mol. The van der Waals surface area contributed by atoms with Crippen LogP contribution in [0.4, 0.5) is 4.39 Å². The molecule has 0 aliphatic carbocycles. The molecule has 1 aliphatic rings. The number of nitrogens with zero attached hydrogens (tertiary/aromatic N) is 4. The van der Waals surface area contributed by atoms with Crippen molar-refractivity contribution in [1.29, 1.82) is 0 Å². The molecule has 1 fully saturated rings. The monoisotopic (exact) mass is 346 g/mol. The van der Waals surface area contributed by atoms with E-state index in [1.807, 2.05) is 36.3 Å². The van der Waals surface area contributed by atoms with E-state index in [-0.39, 0.29) is 11.4 Å². The Balaban J connectivity index is 1.51. The molecular formula is C19H27FN4O. The molecule has 0 bridgehead atoms. The van der Waals surface area contributed by atoms with Crippen LogP contribution >= 0.6 is 0 Å². The zero-order valence-electron chi connectivity index (χ0n) is 15.3. The smallest absolute Gasteiger partial charge is 0.123 e. The van der Waals surface area contributed by atoms with Gasteiger partial charge in [-0.25, -0.2) is 4.39 Å². The third-order valence-electron chi connectivity index (χ3n) is 4.83. The number of likely N-dealkylation sites (N-methyl/N-ethyl adjacent to an activating group) is 1. The molecule has 3 rings (SSSR count). The summed E-state index contributed by atoms with van der Waals surface area (Å²) in [5.41, 5.74) is 1.95. The van der Waals surface area contributed by atoms with Gasteiger partial charge >= 0.3 is 0 Å². The Bertz CT molecular complexity index is 687. The van der Waals surface area contributed by atoms with Gasteiger partial charge in [0.25, 0.3) is 0 Å². The summed E-state index contributed by atoms with van der Waals surface area (Å²) in [4.78, 5) is 4.71. The zero-order valence-corrected chi connectivity index (χ0v) is 15.3. The van der Waals surface area contributed by atoms with Gasteiger partial charge < -0.3 is 9.64 Å². The standard InChI is InChI=1S/C19H27FN4O/c1-19(17-12-21-23(3)14-17)15-24(10-11-25-19)9-8-22(2)13-16-4-6-18(20)7-5-16/h4-7,12,14H,8-11,13,15H2,1-3H3/t19-/m1/s1. The van der Waals surface area contributed by atoms with E-state index < -0.39 is 0 Å². The minimum atomic E-state index is -0.304. The largest absolute Gasteiger partial charge is 0.368 e. The Hall–Kier alpha value is -1.76. The number of aromatic nitrogens is 2. The molecule has 1 saturated heterocycles. The summed E-state index contributed by atoms with van der Waals surface area (Å²) in [6.07, 6.45) is 3.92. The minimum absolute atomic E-state index is 0.186. The van der Waals surface area contributed by atoms with Gasteiger partial charge in [0.2, 0.25) is 0 Å². The molecule has 0 saturated carbocycles. The molecule has 2 heterocycles. The molecule has 0 spiro atoms. The van der Waals surface area contributed by atoms with E-state index in [4.69, 9.17) is 4.74 Å². The lowest BCUT2D eigenvalue weighted by Gasteiger charge is -2.40. The molecule has 0 amide bonds. The SMILES string of the molecule is CN(CCN1CCO[C@@](C)(c2cnn(C)c2)C1)Cc1ccc(F)cc1. The summed E-state index contributed by atoms with van der Waals surface area (Å²) in [5.74, 6) is -0.186. The molecule has 6 heteroatoms. The molecule has 136 valence electrons. The molecule has 2 aromatic rings. The fraction of sp³-hybridized carbons (Fsp3) is 0.526. The van der Waals surface area contributed by atoms with Crippen molar-refractivity contribution in [3.8, 4) is 0 Å². The number of halogens is 1. The van der Waals surface area contributed by atoms with Crippen molar-refractivity contribution in [1.82, 2.24) is 19.6 Å².